The highest BCUT2D eigenvalue weighted by atomic mass is 32.2. The molecule has 0 unspecified atom stereocenters. The average Bonchev–Trinajstić information content (AvgIpc) is 2.57. The van der Waals surface area contributed by atoms with E-state index in [1.807, 2.05) is 0 Å². The van der Waals surface area contributed by atoms with E-state index in [2.05, 4.69) is 30.7 Å². The lowest BCUT2D eigenvalue weighted by Crippen LogP contribution is -2.19. The molecule has 2 rings (SSSR count). The van der Waals surface area contributed by atoms with Gasteiger partial charge in [-0.05, 0) is 42.2 Å². The van der Waals surface area contributed by atoms with Gasteiger partial charge in [-0.15, -0.1) is 0 Å². The minimum absolute atomic E-state index is 0.0586. The van der Waals surface area contributed by atoms with E-state index < -0.39 is 10.0 Å². The van der Waals surface area contributed by atoms with Crippen LogP contribution in [0.1, 0.15) is 38.8 Å². The molecular formula is C19H24N2O4S. The van der Waals surface area contributed by atoms with Crippen LogP contribution < -0.4 is 9.57 Å². The molecule has 0 atom stereocenters. The highest BCUT2D eigenvalue weighted by Gasteiger charge is 2.17. The fourth-order valence-corrected chi connectivity index (χ4v) is 3.06. The minimum Gasteiger partial charge on any atom is -0.504 e. The Labute approximate surface area is 154 Å². The maximum atomic E-state index is 12.3. The summed E-state index contributed by atoms with van der Waals surface area (Å²) in [6.07, 6.45) is 1.24. The Hall–Kier alpha value is -2.54. The van der Waals surface area contributed by atoms with Crippen molar-refractivity contribution in [2.24, 2.45) is 5.10 Å². The van der Waals surface area contributed by atoms with Crippen LogP contribution in [0.5, 0.6) is 11.5 Å². The number of hydrogen-bond donors (Lipinski definition) is 2. The number of ether oxygens (including phenoxy) is 1. The third-order valence-corrected chi connectivity index (χ3v) is 4.98. The van der Waals surface area contributed by atoms with Crippen LogP contribution in [0.3, 0.4) is 0 Å². The zero-order chi connectivity index (χ0) is 19.4. The van der Waals surface area contributed by atoms with Crippen molar-refractivity contribution in [1.82, 2.24) is 4.83 Å². The number of benzene rings is 2. The van der Waals surface area contributed by atoms with Crippen LogP contribution in [0.15, 0.2) is 52.5 Å². The molecule has 0 amide bonds. The van der Waals surface area contributed by atoms with Crippen molar-refractivity contribution in [2.45, 2.75) is 38.0 Å². The second-order valence-electron chi connectivity index (χ2n) is 6.75. The molecule has 2 N–H and O–H groups in total. The summed E-state index contributed by atoms with van der Waals surface area (Å²) in [5, 5.41) is 13.8. The van der Waals surface area contributed by atoms with Gasteiger partial charge in [0.15, 0.2) is 11.5 Å². The molecule has 0 aliphatic carbocycles. The maximum Gasteiger partial charge on any atom is 0.276 e. The van der Waals surface area contributed by atoms with Crippen molar-refractivity contribution in [2.75, 3.05) is 6.61 Å². The minimum atomic E-state index is -3.79. The lowest BCUT2D eigenvalue weighted by molar-refractivity contribution is 0.318. The third kappa shape index (κ3) is 4.76. The third-order valence-electron chi connectivity index (χ3n) is 3.74. The molecule has 140 valence electrons. The Balaban J connectivity index is 2.15. The lowest BCUT2D eigenvalue weighted by Gasteiger charge is -2.19. The van der Waals surface area contributed by atoms with Crippen LogP contribution in [0.4, 0.5) is 0 Å². The van der Waals surface area contributed by atoms with Crippen molar-refractivity contribution in [3.63, 3.8) is 0 Å². The van der Waals surface area contributed by atoms with E-state index in [4.69, 9.17) is 4.74 Å². The Morgan fingerprint density at radius 1 is 1.15 bits per heavy atom. The number of phenols is 1. The Morgan fingerprint density at radius 3 is 2.38 bits per heavy atom. The van der Waals surface area contributed by atoms with Gasteiger partial charge in [0.05, 0.1) is 17.7 Å². The molecule has 0 saturated carbocycles. The number of sulfonamides is 1. The average molecular weight is 376 g/mol. The number of nitrogens with zero attached hydrogens (tertiary/aromatic N) is 1. The van der Waals surface area contributed by atoms with Gasteiger partial charge in [-0.25, -0.2) is 4.83 Å². The van der Waals surface area contributed by atoms with E-state index in [9.17, 15) is 13.5 Å². The van der Waals surface area contributed by atoms with E-state index in [1.54, 1.807) is 49.4 Å². The molecule has 0 fully saturated rings. The zero-order valence-electron chi connectivity index (χ0n) is 15.4. The fraction of sp³-hybridized carbons (Fsp3) is 0.316. The second kappa shape index (κ2) is 7.78. The molecule has 0 aliphatic heterocycles. The summed E-state index contributed by atoms with van der Waals surface area (Å²) < 4.78 is 29.9. The quantitative estimate of drug-likeness (QED) is 0.597. The van der Waals surface area contributed by atoms with Gasteiger partial charge in [-0.2, -0.15) is 13.5 Å². The molecular weight excluding hydrogens is 352 g/mol. The maximum absolute atomic E-state index is 12.3. The van der Waals surface area contributed by atoms with Crippen molar-refractivity contribution >= 4 is 16.2 Å². The SMILES string of the molecule is CCOc1cccc(/C=N\NS(=O)(=O)c2ccc(C(C)(C)C)cc2)c1O. The molecule has 0 radical (unpaired) electrons. The predicted octanol–water partition coefficient (Wildman–Crippen LogP) is 3.40. The summed E-state index contributed by atoms with van der Waals surface area (Å²) in [6, 6.07) is 11.6. The van der Waals surface area contributed by atoms with Gasteiger partial charge in [0, 0.05) is 5.56 Å². The molecule has 2 aromatic rings. The van der Waals surface area contributed by atoms with Gasteiger partial charge >= 0.3 is 0 Å². The van der Waals surface area contributed by atoms with Crippen LogP contribution in [-0.2, 0) is 15.4 Å². The smallest absolute Gasteiger partial charge is 0.276 e. The number of rotatable bonds is 6. The van der Waals surface area contributed by atoms with E-state index in [0.29, 0.717) is 17.9 Å². The van der Waals surface area contributed by atoms with Gasteiger partial charge in [0.25, 0.3) is 10.0 Å². The zero-order valence-corrected chi connectivity index (χ0v) is 16.2. The number of hydrogen-bond acceptors (Lipinski definition) is 5. The molecule has 6 nitrogen and oxygen atoms in total. The van der Waals surface area contributed by atoms with Crippen LogP contribution in [-0.4, -0.2) is 26.3 Å². The largest absolute Gasteiger partial charge is 0.504 e. The van der Waals surface area contributed by atoms with Gasteiger partial charge in [0.1, 0.15) is 0 Å². The number of phenolic OH excluding ortho intramolecular Hbond substituents is 1. The summed E-state index contributed by atoms with van der Waals surface area (Å²) >= 11 is 0. The summed E-state index contributed by atoms with van der Waals surface area (Å²) in [4.78, 5) is 2.27. The molecule has 0 spiro atoms. The molecule has 0 bridgehead atoms. The summed E-state index contributed by atoms with van der Waals surface area (Å²) in [5.74, 6) is 0.226. The van der Waals surface area contributed by atoms with E-state index in [1.165, 1.54) is 6.21 Å². The molecule has 2 aromatic carbocycles. The van der Waals surface area contributed by atoms with E-state index >= 15 is 0 Å². The van der Waals surface area contributed by atoms with E-state index in [0.717, 1.165) is 5.56 Å². The number of hydrazone groups is 1. The van der Waals surface area contributed by atoms with Gasteiger partial charge in [-0.1, -0.05) is 39.0 Å². The Bertz CT molecular complexity index is 883. The van der Waals surface area contributed by atoms with Crippen molar-refractivity contribution in [3.8, 4) is 11.5 Å². The van der Waals surface area contributed by atoms with Gasteiger partial charge in [0.2, 0.25) is 0 Å². The summed E-state index contributed by atoms with van der Waals surface area (Å²) in [5.41, 5.74) is 1.33. The molecule has 0 saturated heterocycles. The van der Waals surface area contributed by atoms with Crippen LogP contribution in [0, 0.1) is 0 Å². The first-order valence-corrected chi connectivity index (χ1v) is 9.73. The Morgan fingerprint density at radius 2 is 1.81 bits per heavy atom. The standard InChI is InChI=1S/C19H24N2O4S/c1-5-25-17-8-6-7-14(18(17)22)13-20-21-26(23,24)16-11-9-15(10-12-16)19(2,3)4/h6-13,21-22H,5H2,1-4H3/b20-13-. The molecule has 0 aliphatic rings. The van der Waals surface area contributed by atoms with Crippen LogP contribution >= 0.6 is 0 Å². The lowest BCUT2D eigenvalue weighted by atomic mass is 9.87. The highest BCUT2D eigenvalue weighted by Crippen LogP contribution is 2.28. The first-order valence-electron chi connectivity index (χ1n) is 8.25. The van der Waals surface area contributed by atoms with Crippen molar-refractivity contribution in [1.29, 1.82) is 0 Å². The normalized spacial score (nSPS) is 12.3. The molecule has 7 heteroatoms. The fourth-order valence-electron chi connectivity index (χ4n) is 2.27. The topological polar surface area (TPSA) is 88.0 Å². The predicted molar refractivity (Wildman–Crippen MR) is 102 cm³/mol. The van der Waals surface area contributed by atoms with E-state index in [-0.39, 0.29) is 16.1 Å². The first kappa shape index (κ1) is 19.8. The number of nitrogens with one attached hydrogen (secondary N) is 1. The summed E-state index contributed by atoms with van der Waals surface area (Å²) in [7, 11) is -3.79. The highest BCUT2D eigenvalue weighted by molar-refractivity contribution is 7.89. The summed E-state index contributed by atoms with van der Waals surface area (Å²) in [6.45, 7) is 8.39. The van der Waals surface area contributed by atoms with Crippen molar-refractivity contribution < 1.29 is 18.3 Å². The number of para-hydroxylation sites is 1. The molecule has 26 heavy (non-hydrogen) atoms. The number of aromatic hydroxyl groups is 1. The first-order chi connectivity index (χ1) is 12.1. The van der Waals surface area contributed by atoms with Crippen LogP contribution in [0.25, 0.3) is 0 Å². The van der Waals surface area contributed by atoms with Gasteiger partial charge < -0.3 is 9.84 Å². The monoisotopic (exact) mass is 376 g/mol. The molecule has 0 aromatic heterocycles. The molecule has 0 heterocycles. The Kier molecular flexibility index (Phi) is 5.92. The van der Waals surface area contributed by atoms with Crippen molar-refractivity contribution in [3.05, 3.63) is 53.6 Å². The second-order valence-corrected chi connectivity index (χ2v) is 8.42. The van der Waals surface area contributed by atoms with Gasteiger partial charge in [-0.3, -0.25) is 0 Å². The van der Waals surface area contributed by atoms with Crippen LogP contribution in [0.2, 0.25) is 0 Å².